The van der Waals surface area contributed by atoms with Gasteiger partial charge in [-0.1, -0.05) is 86.6 Å². The number of hydrogen-bond donors (Lipinski definition) is 7. The van der Waals surface area contributed by atoms with Crippen LogP contribution in [0.3, 0.4) is 0 Å². The number of urea groups is 1. The number of aliphatic carboxylic acids is 1. The molecule has 0 radical (unpaired) electrons. The molecule has 2 unspecified atom stereocenters. The number of hydrogen-bond acceptors (Lipinski definition) is 7. The Morgan fingerprint density at radius 3 is 2.04 bits per heavy atom. The Morgan fingerprint density at radius 1 is 0.782 bits per heavy atom. The van der Waals surface area contributed by atoms with Gasteiger partial charge in [-0.25, -0.2) is 4.79 Å². The van der Waals surface area contributed by atoms with Crippen molar-refractivity contribution in [2.24, 2.45) is 11.7 Å². The first-order valence-electron chi connectivity index (χ1n) is 18.2. The molecule has 1 fully saturated rings. The molecular weight excluding hydrogens is 706 g/mol. The van der Waals surface area contributed by atoms with Crippen LogP contribution in [-0.4, -0.2) is 82.3 Å². The maximum atomic E-state index is 13.8. The molecule has 0 saturated carbocycles. The summed E-state index contributed by atoms with van der Waals surface area (Å²) in [7, 11) is 0. The van der Waals surface area contributed by atoms with E-state index in [1.54, 1.807) is 54.6 Å². The van der Waals surface area contributed by atoms with Crippen molar-refractivity contribution in [3.05, 3.63) is 102 Å². The number of carboxylic acids is 1. The van der Waals surface area contributed by atoms with Gasteiger partial charge < -0.3 is 42.3 Å². The summed E-state index contributed by atoms with van der Waals surface area (Å²) in [5.74, 6) is -4.93. The van der Waals surface area contributed by atoms with E-state index in [2.05, 4.69) is 26.6 Å². The molecule has 15 nitrogen and oxygen atoms in total. The normalized spacial score (nSPS) is 15.3. The van der Waals surface area contributed by atoms with Crippen LogP contribution in [0, 0.1) is 5.92 Å². The molecule has 3 aromatic carbocycles. The van der Waals surface area contributed by atoms with E-state index >= 15 is 0 Å². The fourth-order valence-corrected chi connectivity index (χ4v) is 6.35. The maximum Gasteiger partial charge on any atom is 0.319 e. The van der Waals surface area contributed by atoms with Crippen molar-refractivity contribution in [3.63, 3.8) is 0 Å². The number of benzene rings is 3. The van der Waals surface area contributed by atoms with Crippen LogP contribution in [0.15, 0.2) is 84.9 Å². The van der Waals surface area contributed by atoms with E-state index in [0.717, 1.165) is 5.56 Å². The largest absolute Gasteiger partial charge is 0.481 e. The zero-order valence-electron chi connectivity index (χ0n) is 31.0. The predicted octanol–water partition coefficient (Wildman–Crippen LogP) is 2.25. The molecule has 0 aliphatic carbocycles. The minimum absolute atomic E-state index is 0.0300. The Balaban J connectivity index is 1.43. The highest BCUT2D eigenvalue weighted by Gasteiger charge is 2.38. The third kappa shape index (κ3) is 13.3. The van der Waals surface area contributed by atoms with Gasteiger partial charge in [-0.15, -0.1) is 0 Å². The highest BCUT2D eigenvalue weighted by Crippen LogP contribution is 2.20. The molecule has 8 N–H and O–H groups in total. The molecule has 15 heteroatoms. The summed E-state index contributed by atoms with van der Waals surface area (Å²) in [4.78, 5) is 92.2. The molecule has 1 heterocycles. The maximum absolute atomic E-state index is 13.8. The fourth-order valence-electron chi connectivity index (χ4n) is 6.35. The lowest BCUT2D eigenvalue weighted by molar-refractivity contribution is -0.143. The molecule has 1 aliphatic rings. The number of rotatable bonds is 18. The number of nitrogens with zero attached hydrogens (tertiary/aromatic N) is 1. The standard InChI is InChI=1S/C40H49N7O8/c1-25(2)19-30(44-34(48)22-28-15-9-16-29(20-28)43-40(55)42-24-27-13-7-4-8-14-27)37(52)45-31(23-35(49)50)38(53)46-32(21-26-11-5-3-6-12-26)39(54)47-18-10-17-33(47)36(41)51/h3-9,11-16,20,25,30-33H,10,17-19,21-24H2,1-2H3,(H2,41,51)(H,44,48)(H,45,52)(H,46,53)(H,49,50)(H2,42,43,55)/t30?,31-,32?,33+/m0/s1. The van der Waals surface area contributed by atoms with Crippen molar-refractivity contribution in [1.82, 2.24) is 26.2 Å². The molecule has 4 atom stereocenters. The smallest absolute Gasteiger partial charge is 0.319 e. The highest BCUT2D eigenvalue weighted by molar-refractivity contribution is 5.97. The number of anilines is 1. The quantitative estimate of drug-likeness (QED) is 0.102. The minimum atomic E-state index is -1.61. The van der Waals surface area contributed by atoms with Crippen LogP contribution in [0.1, 0.15) is 56.2 Å². The average Bonchev–Trinajstić information content (AvgIpc) is 3.64. The van der Waals surface area contributed by atoms with Crippen LogP contribution < -0.4 is 32.3 Å². The lowest BCUT2D eigenvalue weighted by Crippen LogP contribution is -2.59. The van der Waals surface area contributed by atoms with Crippen LogP contribution in [0.5, 0.6) is 0 Å². The lowest BCUT2D eigenvalue weighted by atomic mass is 10.0. The molecule has 292 valence electrons. The summed E-state index contributed by atoms with van der Waals surface area (Å²) >= 11 is 0. The molecule has 7 amide bonds. The molecule has 1 aliphatic heterocycles. The van der Waals surface area contributed by atoms with Gasteiger partial charge in [-0.2, -0.15) is 0 Å². The summed E-state index contributed by atoms with van der Waals surface area (Å²) < 4.78 is 0. The number of nitrogens with two attached hydrogens (primary N) is 1. The molecular formula is C40H49N7O8. The van der Waals surface area contributed by atoms with Gasteiger partial charge in [-0.3, -0.25) is 28.8 Å². The van der Waals surface area contributed by atoms with Crippen molar-refractivity contribution >= 4 is 47.2 Å². The lowest BCUT2D eigenvalue weighted by Gasteiger charge is -2.29. The number of carboxylic acid groups (broad SMARTS) is 1. The van der Waals surface area contributed by atoms with Crippen LogP contribution in [0.4, 0.5) is 10.5 Å². The second-order valence-electron chi connectivity index (χ2n) is 13.9. The Bertz CT molecular complexity index is 1820. The second kappa shape index (κ2) is 20.3. The number of carbonyl (C=O) groups is 7. The Hall–Kier alpha value is -6.25. The average molecular weight is 756 g/mol. The van der Waals surface area contributed by atoms with E-state index in [4.69, 9.17) is 5.73 Å². The first-order valence-corrected chi connectivity index (χ1v) is 18.2. The van der Waals surface area contributed by atoms with Gasteiger partial charge in [0.25, 0.3) is 0 Å². The van der Waals surface area contributed by atoms with Gasteiger partial charge in [-0.05, 0) is 54.0 Å². The molecule has 0 spiro atoms. The monoisotopic (exact) mass is 755 g/mol. The van der Waals surface area contributed by atoms with Crippen molar-refractivity contribution in [3.8, 4) is 0 Å². The topological polar surface area (TPSA) is 229 Å². The molecule has 1 saturated heterocycles. The molecule has 55 heavy (non-hydrogen) atoms. The van der Waals surface area contributed by atoms with Gasteiger partial charge >= 0.3 is 12.0 Å². The third-order valence-corrected chi connectivity index (χ3v) is 8.98. The van der Waals surface area contributed by atoms with Crippen LogP contribution in [0.2, 0.25) is 0 Å². The zero-order chi connectivity index (χ0) is 39.9. The predicted molar refractivity (Wildman–Crippen MR) is 204 cm³/mol. The van der Waals surface area contributed by atoms with Crippen LogP contribution >= 0.6 is 0 Å². The summed E-state index contributed by atoms with van der Waals surface area (Å²) in [5, 5.41) is 23.0. The minimum Gasteiger partial charge on any atom is -0.481 e. The number of amides is 7. The number of carbonyl (C=O) groups excluding carboxylic acids is 6. The first-order chi connectivity index (χ1) is 26.3. The summed E-state index contributed by atoms with van der Waals surface area (Å²) in [6.45, 7) is 4.25. The molecule has 0 bridgehead atoms. The SMILES string of the molecule is CC(C)CC(NC(=O)Cc1cccc(NC(=O)NCc2ccccc2)c1)C(=O)N[C@@H](CC(=O)O)C(=O)NC(Cc1ccccc1)C(=O)N1CCC[C@@H]1C(N)=O. The summed E-state index contributed by atoms with van der Waals surface area (Å²) in [6, 6.07) is 19.7. The third-order valence-electron chi connectivity index (χ3n) is 8.98. The zero-order valence-corrected chi connectivity index (χ0v) is 31.0. The van der Waals surface area contributed by atoms with E-state index in [0.29, 0.717) is 36.2 Å². The van der Waals surface area contributed by atoms with Crippen molar-refractivity contribution in [1.29, 1.82) is 0 Å². The van der Waals surface area contributed by atoms with Gasteiger partial charge in [0.1, 0.15) is 24.2 Å². The van der Waals surface area contributed by atoms with Crippen molar-refractivity contribution < 1.29 is 38.7 Å². The van der Waals surface area contributed by atoms with Crippen molar-refractivity contribution in [2.75, 3.05) is 11.9 Å². The van der Waals surface area contributed by atoms with E-state index in [-0.39, 0.29) is 31.7 Å². The highest BCUT2D eigenvalue weighted by atomic mass is 16.4. The Labute approximate surface area is 319 Å². The number of likely N-dealkylation sites (tertiary alicyclic amines) is 1. The molecule has 4 rings (SSSR count). The van der Waals surface area contributed by atoms with E-state index in [1.807, 2.05) is 44.2 Å². The Morgan fingerprint density at radius 2 is 1.40 bits per heavy atom. The Kier molecular flexibility index (Phi) is 15.3. The summed E-state index contributed by atoms with van der Waals surface area (Å²) in [5.41, 5.74) is 8.18. The van der Waals surface area contributed by atoms with Gasteiger partial charge in [0, 0.05) is 25.2 Å². The fraction of sp³-hybridized carbons (Fsp3) is 0.375. The van der Waals surface area contributed by atoms with Gasteiger partial charge in [0.15, 0.2) is 0 Å². The first kappa shape index (κ1) is 41.5. The second-order valence-corrected chi connectivity index (χ2v) is 13.9. The molecule has 3 aromatic rings. The van der Waals surface area contributed by atoms with E-state index < -0.39 is 72.1 Å². The number of nitrogens with one attached hydrogen (secondary N) is 5. The van der Waals surface area contributed by atoms with Crippen LogP contribution in [0.25, 0.3) is 0 Å². The van der Waals surface area contributed by atoms with Gasteiger partial charge in [0.2, 0.25) is 29.5 Å². The van der Waals surface area contributed by atoms with Crippen molar-refractivity contribution in [2.45, 2.75) is 83.1 Å². The summed E-state index contributed by atoms with van der Waals surface area (Å²) in [6.07, 6.45) is 0.165. The van der Waals surface area contributed by atoms with E-state index in [1.165, 1.54) is 4.90 Å². The van der Waals surface area contributed by atoms with Gasteiger partial charge in [0.05, 0.1) is 12.8 Å². The van der Waals surface area contributed by atoms with E-state index in [9.17, 15) is 38.7 Å². The van der Waals surface area contributed by atoms with Crippen LogP contribution in [-0.2, 0) is 48.2 Å². The molecule has 0 aromatic heterocycles. The number of primary amides is 1.